The Labute approximate surface area is 46.3 Å². The molecule has 1 rings (SSSR count). The molecule has 0 aliphatic carbocycles. The minimum atomic E-state index is 0.417. The van der Waals surface area contributed by atoms with Crippen LogP contribution in [-0.2, 0) is 4.79 Å². The second-order valence-corrected chi connectivity index (χ2v) is 1.22. The van der Waals surface area contributed by atoms with Crippen LogP contribution in [-0.4, -0.2) is 11.5 Å². The van der Waals surface area contributed by atoms with E-state index in [4.69, 9.17) is 0 Å². The molecule has 41 valence electrons. The van der Waals surface area contributed by atoms with Crippen LogP contribution in [0.3, 0.4) is 0 Å². The molecule has 1 aromatic heterocycles. The Hall–Kier alpha value is -1.25. The van der Waals surface area contributed by atoms with Crippen LogP contribution in [0.4, 0.5) is 0 Å². The molecule has 0 unspecified atom stereocenters. The Bertz CT molecular complexity index is 157. The molecule has 0 fully saturated rings. The molecule has 0 saturated carbocycles. The smallest absolute Gasteiger partial charge is 0.401 e. The molecule has 1 aromatic rings. The van der Waals surface area contributed by atoms with Gasteiger partial charge >= 0.3 is 6.47 Å². The lowest BCUT2D eigenvalue weighted by Crippen LogP contribution is -1.86. The van der Waals surface area contributed by atoms with Crippen molar-refractivity contribution in [1.82, 2.24) is 4.98 Å². The van der Waals surface area contributed by atoms with Crippen LogP contribution in [0, 0.1) is 0 Å². The summed E-state index contributed by atoms with van der Waals surface area (Å²) < 4.78 is 4.28. The van der Waals surface area contributed by atoms with Gasteiger partial charge in [0, 0.05) is 12.3 Å². The zero-order valence-electron chi connectivity index (χ0n) is 4.05. The summed E-state index contributed by atoms with van der Waals surface area (Å²) >= 11 is 0. The van der Waals surface area contributed by atoms with E-state index in [2.05, 4.69) is 9.72 Å². The fourth-order valence-corrected chi connectivity index (χ4v) is 0.422. The molecule has 1 N–H and O–H groups in total. The fourth-order valence-electron chi connectivity index (χ4n) is 0.422. The molecule has 0 atom stereocenters. The molecule has 1 heterocycles. The molecule has 0 aliphatic heterocycles. The summed E-state index contributed by atoms with van der Waals surface area (Å²) in [5, 5.41) is 0. The quantitative estimate of drug-likeness (QED) is 0.601. The van der Waals surface area contributed by atoms with Crippen molar-refractivity contribution in [2.75, 3.05) is 0 Å². The van der Waals surface area contributed by atoms with Crippen LogP contribution in [0.5, 0.6) is 5.88 Å². The van der Waals surface area contributed by atoms with E-state index in [0.29, 0.717) is 5.88 Å². The minimum Gasteiger partial charge on any atom is -0.401 e. The first-order chi connectivity index (χ1) is 3.93. The highest BCUT2D eigenvalue weighted by Crippen LogP contribution is 2.01. The molecular weight excluding hydrogens is 106 g/mol. The maximum Gasteiger partial charge on any atom is 0.424 e. The summed E-state index contributed by atoms with van der Waals surface area (Å²) in [4.78, 5) is 12.2. The van der Waals surface area contributed by atoms with Crippen LogP contribution in [0.15, 0.2) is 18.3 Å². The Morgan fingerprint density at radius 3 is 3.12 bits per heavy atom. The van der Waals surface area contributed by atoms with Crippen LogP contribution >= 0.6 is 0 Å². The topological polar surface area (TPSA) is 42.1 Å². The number of nitrogens with one attached hydrogen (secondary N) is 1. The predicted octanol–water partition coefficient (Wildman–Crippen LogP) is 0.461. The lowest BCUT2D eigenvalue weighted by atomic mass is 10.7. The zero-order chi connectivity index (χ0) is 5.82. The fraction of sp³-hybridized carbons (Fsp3) is 0. The van der Waals surface area contributed by atoms with E-state index in [1.54, 1.807) is 18.3 Å². The van der Waals surface area contributed by atoms with Crippen LogP contribution in [0.1, 0.15) is 0 Å². The number of rotatable bonds is 2. The molecule has 3 nitrogen and oxygen atoms in total. The van der Waals surface area contributed by atoms with Crippen molar-refractivity contribution in [3.05, 3.63) is 18.3 Å². The second kappa shape index (κ2) is 2.16. The maximum absolute atomic E-state index is 9.50. The number of H-pyrrole nitrogens is 1. The van der Waals surface area contributed by atoms with Gasteiger partial charge in [-0.15, -0.1) is 0 Å². The van der Waals surface area contributed by atoms with Gasteiger partial charge < -0.3 is 9.72 Å². The Kier molecular flexibility index (Phi) is 1.32. The highest BCUT2D eigenvalue weighted by atomic mass is 16.5. The summed E-state index contributed by atoms with van der Waals surface area (Å²) in [6, 6.07) is 3.36. The van der Waals surface area contributed by atoms with Gasteiger partial charge in [-0.1, -0.05) is 0 Å². The average molecular weight is 110 g/mol. The largest absolute Gasteiger partial charge is 0.424 e. The van der Waals surface area contributed by atoms with E-state index in [1.165, 1.54) is 6.47 Å². The number of hydrogen-bond donors (Lipinski definition) is 1. The monoisotopic (exact) mass is 110 g/mol. The van der Waals surface area contributed by atoms with Gasteiger partial charge in [-0.05, 0) is 6.07 Å². The number of carbonyl (C=O) groups excluding carboxylic acids is 1. The molecule has 3 heteroatoms. The molecule has 0 aromatic carbocycles. The highest BCUT2D eigenvalue weighted by Gasteiger charge is 1.87. The lowest BCUT2D eigenvalue weighted by Gasteiger charge is -1.84. The molecule has 0 amide bonds. The number of aromatic amines is 1. The standard InChI is InChI=1S/C5H4NO2/c7-4-8-5-2-1-3-6-5/h1-3,6H. The summed E-state index contributed by atoms with van der Waals surface area (Å²) in [6.45, 7) is 1.29. The van der Waals surface area contributed by atoms with E-state index < -0.39 is 0 Å². The van der Waals surface area contributed by atoms with Crippen molar-refractivity contribution in [2.24, 2.45) is 0 Å². The predicted molar refractivity (Wildman–Crippen MR) is 27.1 cm³/mol. The molecule has 0 bridgehead atoms. The third-order valence-electron chi connectivity index (χ3n) is 0.721. The maximum atomic E-state index is 9.50. The normalized spacial score (nSPS) is 8.50. The molecular formula is C5H4NO2. The first-order valence-corrected chi connectivity index (χ1v) is 2.11. The van der Waals surface area contributed by atoms with Gasteiger partial charge in [0.25, 0.3) is 0 Å². The molecule has 0 aliphatic rings. The van der Waals surface area contributed by atoms with Crippen LogP contribution < -0.4 is 4.74 Å². The van der Waals surface area contributed by atoms with Crippen molar-refractivity contribution >= 4 is 6.47 Å². The van der Waals surface area contributed by atoms with Gasteiger partial charge in [-0.25, -0.2) is 4.79 Å². The summed E-state index contributed by atoms with van der Waals surface area (Å²) in [6.07, 6.45) is 1.66. The number of aromatic nitrogens is 1. The summed E-state index contributed by atoms with van der Waals surface area (Å²) in [7, 11) is 0. The van der Waals surface area contributed by atoms with Gasteiger partial charge in [-0.2, -0.15) is 0 Å². The lowest BCUT2D eigenvalue weighted by molar-refractivity contribution is 0.435. The Balaban J connectivity index is 2.62. The van der Waals surface area contributed by atoms with Gasteiger partial charge in [0.15, 0.2) is 0 Å². The SMILES string of the molecule is O=[C]Oc1ccc[nH]1. The van der Waals surface area contributed by atoms with Crippen molar-refractivity contribution in [3.8, 4) is 5.88 Å². The summed E-state index contributed by atoms with van der Waals surface area (Å²) in [5.41, 5.74) is 0. The zero-order valence-corrected chi connectivity index (χ0v) is 4.05. The first kappa shape index (κ1) is 4.90. The second-order valence-electron chi connectivity index (χ2n) is 1.22. The average Bonchev–Trinajstić information content (AvgIpc) is 2.19. The van der Waals surface area contributed by atoms with Gasteiger partial charge in [0.2, 0.25) is 5.88 Å². The van der Waals surface area contributed by atoms with E-state index >= 15 is 0 Å². The van der Waals surface area contributed by atoms with Gasteiger partial charge in [0.05, 0.1) is 0 Å². The van der Waals surface area contributed by atoms with Crippen LogP contribution in [0.2, 0.25) is 0 Å². The first-order valence-electron chi connectivity index (χ1n) is 2.11. The Morgan fingerprint density at radius 2 is 2.62 bits per heavy atom. The van der Waals surface area contributed by atoms with Crippen molar-refractivity contribution in [3.63, 3.8) is 0 Å². The van der Waals surface area contributed by atoms with E-state index in [-0.39, 0.29) is 0 Å². The van der Waals surface area contributed by atoms with E-state index in [0.717, 1.165) is 0 Å². The van der Waals surface area contributed by atoms with Crippen LogP contribution in [0.25, 0.3) is 0 Å². The number of ether oxygens (including phenoxy) is 1. The van der Waals surface area contributed by atoms with Crippen molar-refractivity contribution in [1.29, 1.82) is 0 Å². The molecule has 8 heavy (non-hydrogen) atoms. The van der Waals surface area contributed by atoms with Crippen molar-refractivity contribution < 1.29 is 9.53 Å². The van der Waals surface area contributed by atoms with Crippen molar-refractivity contribution in [2.45, 2.75) is 0 Å². The number of hydrogen-bond acceptors (Lipinski definition) is 2. The van der Waals surface area contributed by atoms with Gasteiger partial charge in [0.1, 0.15) is 0 Å². The Morgan fingerprint density at radius 1 is 1.75 bits per heavy atom. The third-order valence-corrected chi connectivity index (χ3v) is 0.721. The molecule has 0 spiro atoms. The molecule has 1 radical (unpaired) electrons. The van der Waals surface area contributed by atoms with E-state index in [9.17, 15) is 4.79 Å². The van der Waals surface area contributed by atoms with E-state index in [1.807, 2.05) is 0 Å². The third kappa shape index (κ3) is 0.872. The molecule has 0 saturated heterocycles. The van der Waals surface area contributed by atoms with Gasteiger partial charge in [-0.3, -0.25) is 0 Å². The summed E-state index contributed by atoms with van der Waals surface area (Å²) in [5.74, 6) is 0.417. The highest BCUT2D eigenvalue weighted by molar-refractivity contribution is 5.43. The minimum absolute atomic E-state index is 0.417.